The van der Waals surface area contributed by atoms with Crippen LogP contribution in [0.15, 0.2) is 24.8 Å². The van der Waals surface area contributed by atoms with Crippen molar-refractivity contribution in [1.29, 1.82) is 0 Å². The molecule has 3 aromatic rings. The predicted octanol–water partition coefficient (Wildman–Crippen LogP) is 4.57. The summed E-state index contributed by atoms with van der Waals surface area (Å²) in [5.74, 6) is 2.12. The Morgan fingerprint density at radius 1 is 1.15 bits per heavy atom. The molecule has 39 heavy (non-hydrogen) atoms. The zero-order valence-corrected chi connectivity index (χ0v) is 23.3. The van der Waals surface area contributed by atoms with Crippen LogP contribution < -0.4 is 15.4 Å². The van der Waals surface area contributed by atoms with Crippen LogP contribution in [-0.2, 0) is 18.4 Å². The van der Waals surface area contributed by atoms with Gasteiger partial charge in [-0.15, -0.1) is 5.10 Å². The zero-order chi connectivity index (χ0) is 27.5. The monoisotopic (exact) mass is 530 g/mol. The normalized spacial score (nSPS) is 19.3. The van der Waals surface area contributed by atoms with Crippen LogP contribution in [-0.4, -0.2) is 48.9 Å². The summed E-state index contributed by atoms with van der Waals surface area (Å²) in [4.78, 5) is 26.2. The van der Waals surface area contributed by atoms with Gasteiger partial charge in [-0.25, -0.2) is 19.6 Å². The fraction of sp³-hybridized carbons (Fsp3) is 0.517. The molecule has 0 bridgehead atoms. The summed E-state index contributed by atoms with van der Waals surface area (Å²) in [5, 5.41) is 15.1. The van der Waals surface area contributed by atoms with Crippen LogP contribution in [0.5, 0.6) is 5.75 Å². The first-order chi connectivity index (χ1) is 18.8. The molecule has 10 nitrogen and oxygen atoms in total. The number of carbonyl (C=O) groups excluding carboxylic acids is 1. The van der Waals surface area contributed by atoms with E-state index in [-0.39, 0.29) is 17.8 Å². The number of Topliss-reactive ketones (excluding diaryl/α,β-unsaturated/α-hetero) is 1. The van der Waals surface area contributed by atoms with Gasteiger partial charge in [-0.1, -0.05) is 18.2 Å². The Labute approximate surface area is 229 Å². The van der Waals surface area contributed by atoms with Crippen molar-refractivity contribution in [2.45, 2.75) is 77.4 Å². The van der Waals surface area contributed by atoms with Gasteiger partial charge in [0.15, 0.2) is 0 Å². The molecule has 2 atom stereocenters. The number of ketones is 1. The molecule has 0 aliphatic heterocycles. The Balaban J connectivity index is 1.32. The van der Waals surface area contributed by atoms with E-state index >= 15 is 0 Å². The lowest BCUT2D eigenvalue weighted by atomic mass is 9.82. The topological polar surface area (TPSA) is 120 Å². The lowest BCUT2D eigenvalue weighted by molar-refractivity contribution is -0.122. The summed E-state index contributed by atoms with van der Waals surface area (Å²) in [6, 6.07) is 5.90. The lowest BCUT2D eigenvalue weighted by Crippen LogP contribution is -2.28. The van der Waals surface area contributed by atoms with Crippen molar-refractivity contribution in [2.24, 2.45) is 13.0 Å². The Morgan fingerprint density at radius 3 is 2.64 bits per heavy atom. The molecule has 2 aliphatic carbocycles. The summed E-state index contributed by atoms with van der Waals surface area (Å²) < 4.78 is 8.03. The van der Waals surface area contributed by atoms with Gasteiger partial charge in [0.25, 0.3) is 0 Å². The van der Waals surface area contributed by atoms with E-state index in [1.54, 1.807) is 11.6 Å². The van der Waals surface area contributed by atoms with E-state index in [0.717, 1.165) is 78.4 Å². The number of aryl methyl sites for hydroxylation is 2. The van der Waals surface area contributed by atoms with Crippen molar-refractivity contribution in [3.63, 3.8) is 0 Å². The highest BCUT2D eigenvalue weighted by Crippen LogP contribution is 2.36. The van der Waals surface area contributed by atoms with Gasteiger partial charge >= 0.3 is 0 Å². The van der Waals surface area contributed by atoms with Crippen LogP contribution in [0.25, 0.3) is 17.1 Å². The number of anilines is 1. The van der Waals surface area contributed by atoms with Gasteiger partial charge in [-0.05, 0) is 70.6 Å². The molecule has 0 spiro atoms. The minimum Gasteiger partial charge on any atom is -0.489 e. The average Bonchev–Trinajstić information content (AvgIpc) is 3.27. The maximum Gasteiger partial charge on any atom is 0.223 e. The standard InChI is InChI=1S/C29H38N8O2/c1-17(30-4)24-15-25(20-8-6-9-20)34-29(33-24)31-16-26-28(35-36-37(26)5)23-12-13-27(18(2)32-23)39-22-11-7-10-21(14-22)19(3)38/h12-13,15,20-22,30H,1,6-11,14,16H2,2-5H3,(H,31,33,34)/t21-,22-/m0/s1. The van der Waals surface area contributed by atoms with E-state index in [4.69, 9.17) is 14.7 Å². The van der Waals surface area contributed by atoms with Gasteiger partial charge in [-0.2, -0.15) is 0 Å². The first kappa shape index (κ1) is 26.8. The third-order valence-electron chi connectivity index (χ3n) is 8.01. The van der Waals surface area contributed by atoms with Crippen molar-refractivity contribution in [3.05, 3.63) is 47.6 Å². The Hall–Kier alpha value is -3.82. The largest absolute Gasteiger partial charge is 0.489 e. The Kier molecular flexibility index (Phi) is 7.90. The smallest absolute Gasteiger partial charge is 0.223 e. The van der Waals surface area contributed by atoms with Crippen molar-refractivity contribution in [2.75, 3.05) is 12.4 Å². The maximum absolute atomic E-state index is 11.9. The number of ether oxygens (including phenoxy) is 1. The molecule has 2 aliphatic rings. The van der Waals surface area contributed by atoms with Gasteiger partial charge in [-0.3, -0.25) is 4.79 Å². The minimum atomic E-state index is 0.0369. The molecule has 5 rings (SSSR count). The summed E-state index contributed by atoms with van der Waals surface area (Å²) in [6.45, 7) is 8.14. The van der Waals surface area contributed by atoms with E-state index in [2.05, 4.69) is 32.5 Å². The van der Waals surface area contributed by atoms with Gasteiger partial charge in [0.1, 0.15) is 17.2 Å². The van der Waals surface area contributed by atoms with Gasteiger partial charge in [0, 0.05) is 31.6 Å². The minimum absolute atomic E-state index is 0.0369. The molecule has 0 radical (unpaired) electrons. The van der Waals surface area contributed by atoms with E-state index in [1.807, 2.05) is 39.2 Å². The number of aromatic nitrogens is 6. The quantitative estimate of drug-likeness (QED) is 0.388. The fourth-order valence-electron chi connectivity index (χ4n) is 5.28. The SMILES string of the molecule is C=C(NC)c1cc(C2CCC2)nc(NCc2c(-c3ccc(O[C@H]4CCC[C@H](C(C)=O)C4)c(C)n3)nnn2C)n1. The zero-order valence-electron chi connectivity index (χ0n) is 23.3. The second-order valence-electron chi connectivity index (χ2n) is 10.7. The fourth-order valence-corrected chi connectivity index (χ4v) is 5.28. The number of nitrogens with zero attached hydrogens (tertiary/aromatic N) is 6. The molecule has 2 N–H and O–H groups in total. The first-order valence-electron chi connectivity index (χ1n) is 13.9. The number of hydrogen-bond acceptors (Lipinski definition) is 9. The molecule has 2 saturated carbocycles. The van der Waals surface area contributed by atoms with Crippen molar-refractivity contribution >= 4 is 17.4 Å². The number of nitrogens with one attached hydrogen (secondary N) is 2. The second kappa shape index (κ2) is 11.5. The summed E-state index contributed by atoms with van der Waals surface area (Å²) in [7, 11) is 3.71. The average molecular weight is 531 g/mol. The molecule has 0 aromatic carbocycles. The molecule has 3 heterocycles. The molecular weight excluding hydrogens is 492 g/mol. The van der Waals surface area contributed by atoms with Crippen LogP contribution in [0, 0.1) is 12.8 Å². The highest BCUT2D eigenvalue weighted by molar-refractivity contribution is 5.78. The molecule has 0 amide bonds. The van der Waals surface area contributed by atoms with Crippen molar-refractivity contribution in [1.82, 2.24) is 35.3 Å². The van der Waals surface area contributed by atoms with E-state index in [1.165, 1.54) is 6.42 Å². The van der Waals surface area contributed by atoms with Gasteiger partial charge in [0.05, 0.1) is 41.1 Å². The summed E-state index contributed by atoms with van der Waals surface area (Å²) in [6.07, 6.45) is 7.27. The van der Waals surface area contributed by atoms with Crippen molar-refractivity contribution in [3.8, 4) is 17.1 Å². The maximum atomic E-state index is 11.9. The second-order valence-corrected chi connectivity index (χ2v) is 10.7. The molecular formula is C29H38N8O2. The van der Waals surface area contributed by atoms with Crippen LogP contribution in [0.2, 0.25) is 0 Å². The molecule has 3 aromatic heterocycles. The van der Waals surface area contributed by atoms with Crippen LogP contribution in [0.3, 0.4) is 0 Å². The van der Waals surface area contributed by atoms with Gasteiger partial charge < -0.3 is 15.4 Å². The summed E-state index contributed by atoms with van der Waals surface area (Å²) in [5.41, 5.74) is 5.69. The summed E-state index contributed by atoms with van der Waals surface area (Å²) >= 11 is 0. The van der Waals surface area contributed by atoms with Crippen molar-refractivity contribution < 1.29 is 9.53 Å². The first-order valence-corrected chi connectivity index (χ1v) is 13.9. The third kappa shape index (κ3) is 5.94. The van der Waals surface area contributed by atoms with Crippen LogP contribution in [0.4, 0.5) is 5.95 Å². The Bertz CT molecular complexity index is 1360. The third-order valence-corrected chi connectivity index (χ3v) is 8.01. The number of rotatable bonds is 10. The molecule has 0 unspecified atom stereocenters. The molecule has 2 fully saturated rings. The molecule has 0 saturated heterocycles. The highest BCUT2D eigenvalue weighted by Gasteiger charge is 2.27. The predicted molar refractivity (Wildman–Crippen MR) is 150 cm³/mol. The van der Waals surface area contributed by atoms with Gasteiger partial charge in [0.2, 0.25) is 5.95 Å². The highest BCUT2D eigenvalue weighted by atomic mass is 16.5. The lowest BCUT2D eigenvalue weighted by Gasteiger charge is -2.28. The Morgan fingerprint density at radius 2 is 1.95 bits per heavy atom. The number of pyridine rings is 1. The number of hydrogen-bond donors (Lipinski definition) is 2. The van der Waals surface area contributed by atoms with Crippen LogP contribution >= 0.6 is 0 Å². The molecule has 10 heteroatoms. The van der Waals surface area contributed by atoms with Crippen LogP contribution in [0.1, 0.15) is 80.6 Å². The molecule has 206 valence electrons. The van der Waals surface area contributed by atoms with E-state index in [0.29, 0.717) is 24.1 Å². The van der Waals surface area contributed by atoms with E-state index in [9.17, 15) is 4.79 Å². The number of carbonyl (C=O) groups is 1. The van der Waals surface area contributed by atoms with E-state index < -0.39 is 0 Å².